The maximum Gasteiger partial charge on any atom is 0.122 e. The zero-order chi connectivity index (χ0) is 17.3. The Hall–Kier alpha value is -0.620. The number of phenols is 1. The van der Waals surface area contributed by atoms with Gasteiger partial charge in [-0.3, -0.25) is 9.80 Å². The van der Waals surface area contributed by atoms with Crippen LogP contribution >= 0.6 is 15.9 Å². The lowest BCUT2D eigenvalue weighted by Crippen LogP contribution is -2.38. The third-order valence-corrected chi connectivity index (χ3v) is 5.81. The molecule has 0 amide bonds. The first-order valence-corrected chi connectivity index (χ1v) is 9.86. The van der Waals surface area contributed by atoms with E-state index in [9.17, 15) is 10.2 Å². The quantitative estimate of drug-likeness (QED) is 0.796. The Morgan fingerprint density at radius 1 is 1.04 bits per heavy atom. The van der Waals surface area contributed by atoms with E-state index >= 15 is 0 Å². The molecule has 1 aromatic rings. The van der Waals surface area contributed by atoms with Crippen molar-refractivity contribution in [1.82, 2.24) is 9.80 Å². The van der Waals surface area contributed by atoms with Crippen molar-refractivity contribution in [2.75, 3.05) is 26.2 Å². The van der Waals surface area contributed by atoms with Gasteiger partial charge < -0.3 is 10.2 Å². The van der Waals surface area contributed by atoms with E-state index in [2.05, 4.69) is 31.8 Å². The van der Waals surface area contributed by atoms with Gasteiger partial charge in [-0.05, 0) is 83.4 Å². The Labute approximate surface area is 153 Å². The summed E-state index contributed by atoms with van der Waals surface area (Å²) in [7, 11) is 0. The molecule has 2 aliphatic rings. The number of nitrogens with zero attached hydrogens (tertiary/aromatic N) is 2. The van der Waals surface area contributed by atoms with E-state index in [1.54, 1.807) is 13.8 Å². The largest absolute Gasteiger partial charge is 0.508 e. The lowest BCUT2D eigenvalue weighted by molar-refractivity contribution is 0.0762. The topological polar surface area (TPSA) is 46.9 Å². The van der Waals surface area contributed by atoms with Crippen LogP contribution in [-0.2, 0) is 6.42 Å². The van der Waals surface area contributed by atoms with E-state index in [1.807, 2.05) is 6.07 Å². The molecule has 4 nitrogen and oxygen atoms in total. The van der Waals surface area contributed by atoms with Crippen molar-refractivity contribution >= 4 is 15.9 Å². The summed E-state index contributed by atoms with van der Waals surface area (Å²) in [6.07, 6.45) is 5.64. The predicted octanol–water partition coefficient (Wildman–Crippen LogP) is 3.66. The zero-order valence-electron chi connectivity index (χ0n) is 14.8. The fourth-order valence-corrected chi connectivity index (χ4v) is 4.53. The third-order valence-electron chi connectivity index (χ3n) is 5.07. The highest BCUT2D eigenvalue weighted by Crippen LogP contribution is 2.39. The van der Waals surface area contributed by atoms with Gasteiger partial charge in [-0.2, -0.15) is 0 Å². The monoisotopic (exact) mass is 396 g/mol. The summed E-state index contributed by atoms with van der Waals surface area (Å²) in [6.45, 7) is 7.99. The number of hydrogen-bond acceptors (Lipinski definition) is 4. The second-order valence-corrected chi connectivity index (χ2v) is 8.71. The van der Waals surface area contributed by atoms with Crippen LogP contribution in [0.4, 0.5) is 0 Å². The summed E-state index contributed by atoms with van der Waals surface area (Å²) in [6, 6.07) is 3.90. The molecule has 0 unspecified atom stereocenters. The Morgan fingerprint density at radius 2 is 1.54 bits per heavy atom. The SMILES string of the molecule is CC(C)(O)Cc1cc(O)c(C(N2CCCC2)N2CCCC2)cc1Br. The van der Waals surface area contributed by atoms with Crippen LogP contribution < -0.4 is 0 Å². The van der Waals surface area contributed by atoms with Crippen LogP contribution in [0.3, 0.4) is 0 Å². The average Bonchev–Trinajstić information content (AvgIpc) is 3.16. The second kappa shape index (κ2) is 7.32. The van der Waals surface area contributed by atoms with Crippen molar-refractivity contribution in [2.45, 2.75) is 57.7 Å². The molecule has 2 saturated heterocycles. The first-order chi connectivity index (χ1) is 11.3. The fourth-order valence-electron chi connectivity index (χ4n) is 4.03. The minimum absolute atomic E-state index is 0.169. The van der Waals surface area contributed by atoms with Crippen LogP contribution in [-0.4, -0.2) is 51.8 Å². The molecule has 0 spiro atoms. The van der Waals surface area contributed by atoms with Crippen molar-refractivity contribution < 1.29 is 10.2 Å². The van der Waals surface area contributed by atoms with Gasteiger partial charge in [0.2, 0.25) is 0 Å². The minimum atomic E-state index is -0.792. The van der Waals surface area contributed by atoms with Crippen LogP contribution in [0.2, 0.25) is 0 Å². The van der Waals surface area contributed by atoms with Gasteiger partial charge in [0, 0.05) is 16.5 Å². The molecule has 1 aromatic carbocycles. The number of rotatable bonds is 5. The maximum absolute atomic E-state index is 10.7. The Bertz CT molecular complexity index is 557. The molecular formula is C19H29BrN2O2. The highest BCUT2D eigenvalue weighted by atomic mass is 79.9. The lowest BCUT2D eigenvalue weighted by atomic mass is 9.96. The predicted molar refractivity (Wildman–Crippen MR) is 100 cm³/mol. The summed E-state index contributed by atoms with van der Waals surface area (Å²) >= 11 is 3.66. The highest BCUT2D eigenvalue weighted by molar-refractivity contribution is 9.10. The Balaban J connectivity index is 1.93. The van der Waals surface area contributed by atoms with Crippen LogP contribution in [0, 0.1) is 0 Å². The van der Waals surface area contributed by atoms with E-state index in [4.69, 9.17) is 0 Å². The van der Waals surface area contributed by atoms with Crippen LogP contribution in [0.5, 0.6) is 5.75 Å². The fraction of sp³-hybridized carbons (Fsp3) is 0.684. The smallest absolute Gasteiger partial charge is 0.122 e. The van der Waals surface area contributed by atoms with Crippen molar-refractivity contribution in [1.29, 1.82) is 0 Å². The summed E-state index contributed by atoms with van der Waals surface area (Å²) < 4.78 is 0.973. The van der Waals surface area contributed by atoms with Crippen LogP contribution in [0.25, 0.3) is 0 Å². The van der Waals surface area contributed by atoms with Gasteiger partial charge in [0.1, 0.15) is 5.75 Å². The van der Waals surface area contributed by atoms with Gasteiger partial charge in [0.05, 0.1) is 11.8 Å². The first-order valence-electron chi connectivity index (χ1n) is 9.07. The molecule has 2 fully saturated rings. The second-order valence-electron chi connectivity index (χ2n) is 7.85. The van der Waals surface area contributed by atoms with E-state index in [0.29, 0.717) is 12.2 Å². The number of halogens is 1. The molecule has 134 valence electrons. The molecule has 0 atom stereocenters. The molecule has 2 aliphatic heterocycles. The lowest BCUT2D eigenvalue weighted by Gasteiger charge is -2.36. The molecule has 0 saturated carbocycles. The van der Waals surface area contributed by atoms with Gasteiger partial charge >= 0.3 is 0 Å². The average molecular weight is 397 g/mol. The van der Waals surface area contributed by atoms with Gasteiger partial charge in [-0.1, -0.05) is 15.9 Å². The number of aliphatic hydroxyl groups is 1. The van der Waals surface area contributed by atoms with E-state index in [1.165, 1.54) is 25.7 Å². The summed E-state index contributed by atoms with van der Waals surface area (Å²) in [5.41, 5.74) is 1.15. The van der Waals surface area contributed by atoms with Gasteiger partial charge in [-0.25, -0.2) is 0 Å². The molecule has 0 aromatic heterocycles. The van der Waals surface area contributed by atoms with Crippen LogP contribution in [0.15, 0.2) is 16.6 Å². The molecule has 24 heavy (non-hydrogen) atoms. The Morgan fingerprint density at radius 3 is 2.00 bits per heavy atom. The Kier molecular flexibility index (Phi) is 5.55. The summed E-state index contributed by atoms with van der Waals surface area (Å²) in [4.78, 5) is 5.00. The summed E-state index contributed by atoms with van der Waals surface area (Å²) in [5.74, 6) is 0.348. The van der Waals surface area contributed by atoms with Crippen LogP contribution in [0.1, 0.15) is 56.8 Å². The molecule has 5 heteroatoms. The van der Waals surface area contributed by atoms with Crippen molar-refractivity contribution in [3.8, 4) is 5.75 Å². The van der Waals surface area contributed by atoms with Gasteiger partial charge in [0.25, 0.3) is 0 Å². The number of aromatic hydroxyl groups is 1. The zero-order valence-corrected chi connectivity index (χ0v) is 16.3. The third kappa shape index (κ3) is 4.13. The standard InChI is InChI=1S/C19H29BrN2O2/c1-19(2,24)13-14-11-17(23)15(12-16(14)20)18(21-7-3-4-8-21)22-9-5-6-10-22/h11-12,18,23-24H,3-10,13H2,1-2H3. The van der Waals surface area contributed by atoms with E-state index in [0.717, 1.165) is 41.8 Å². The maximum atomic E-state index is 10.7. The number of likely N-dealkylation sites (tertiary alicyclic amines) is 2. The molecule has 2 heterocycles. The highest BCUT2D eigenvalue weighted by Gasteiger charge is 2.33. The molecule has 0 bridgehead atoms. The molecule has 3 rings (SSSR count). The van der Waals surface area contributed by atoms with Crippen molar-refractivity contribution in [3.63, 3.8) is 0 Å². The number of benzene rings is 1. The van der Waals surface area contributed by atoms with Crippen molar-refractivity contribution in [2.24, 2.45) is 0 Å². The van der Waals surface area contributed by atoms with Gasteiger partial charge in [0.15, 0.2) is 0 Å². The van der Waals surface area contributed by atoms with E-state index in [-0.39, 0.29) is 6.17 Å². The molecule has 2 N–H and O–H groups in total. The molecule has 0 radical (unpaired) electrons. The number of hydrogen-bond donors (Lipinski definition) is 2. The number of phenolic OH excluding ortho intramolecular Hbond substituents is 1. The first kappa shape index (κ1) is 18.2. The molecule has 0 aliphatic carbocycles. The minimum Gasteiger partial charge on any atom is -0.508 e. The molecular weight excluding hydrogens is 368 g/mol. The normalized spacial score (nSPS) is 20.4. The summed E-state index contributed by atoms with van der Waals surface area (Å²) in [5, 5.41) is 20.8. The van der Waals surface area contributed by atoms with E-state index < -0.39 is 5.60 Å². The van der Waals surface area contributed by atoms with Crippen molar-refractivity contribution in [3.05, 3.63) is 27.7 Å². The van der Waals surface area contributed by atoms with Gasteiger partial charge in [-0.15, -0.1) is 0 Å².